The molecule has 2 aromatic heterocycles. The lowest BCUT2D eigenvalue weighted by atomic mass is 9.82. The summed E-state index contributed by atoms with van der Waals surface area (Å²) < 4.78 is 8.91. The van der Waals surface area contributed by atoms with Crippen molar-refractivity contribution in [3.05, 3.63) is 211 Å². The fourth-order valence-electron chi connectivity index (χ4n) is 11.1. The number of hydrogen-bond acceptors (Lipinski definition) is 2. The summed E-state index contributed by atoms with van der Waals surface area (Å²) in [5.41, 5.74) is 13.3. The maximum absolute atomic E-state index is 6.48. The zero-order valence-electron chi connectivity index (χ0n) is 33.8. The van der Waals surface area contributed by atoms with Gasteiger partial charge in [-0.15, -0.1) is 0 Å². The Kier molecular flexibility index (Phi) is 7.35. The molecular formula is C57H39NOSSi. The van der Waals surface area contributed by atoms with E-state index in [0.29, 0.717) is 0 Å². The van der Waals surface area contributed by atoms with E-state index in [1.807, 2.05) is 11.8 Å². The van der Waals surface area contributed by atoms with Crippen molar-refractivity contribution in [1.82, 2.24) is 4.57 Å². The predicted molar refractivity (Wildman–Crippen MR) is 259 cm³/mol. The predicted octanol–water partition coefficient (Wildman–Crippen LogP) is 12.5. The molecule has 1 aliphatic carbocycles. The summed E-state index contributed by atoms with van der Waals surface area (Å²) >= 11 is 1.93. The van der Waals surface area contributed by atoms with Gasteiger partial charge in [-0.2, -0.15) is 0 Å². The minimum Gasteiger partial charge on any atom is -0.456 e. The lowest BCUT2D eigenvalue weighted by Crippen LogP contribution is -2.76. The standard InChI is InChI=1S/C57H39NOSSi/c1-57(2)46-21-7-3-15-39(46)45-35-38(33-34-47(45)57)61(37-31-29-36(30-32-37)58-48-22-8-4-16-40(48)41-17-5-9-23-49(41)58)53-27-12-11-26-52(53)60-56-43(20-14-28-54(56)61)42-19-13-25-51-55(42)44-18-6-10-24-50(44)59-51/h3-35H,1-2H3. The Labute approximate surface area is 359 Å². The van der Waals surface area contributed by atoms with E-state index in [1.165, 1.54) is 96.8 Å². The zero-order chi connectivity index (χ0) is 40.5. The lowest BCUT2D eigenvalue weighted by molar-refractivity contribution is 0.660. The normalized spacial score (nSPS) is 16.2. The highest BCUT2D eigenvalue weighted by Crippen LogP contribution is 2.49. The van der Waals surface area contributed by atoms with Crippen LogP contribution in [0.25, 0.3) is 71.7 Å². The van der Waals surface area contributed by atoms with Crippen molar-refractivity contribution in [3.8, 4) is 27.9 Å². The van der Waals surface area contributed by atoms with Gasteiger partial charge in [0.2, 0.25) is 0 Å². The van der Waals surface area contributed by atoms with Crippen molar-refractivity contribution in [2.24, 2.45) is 0 Å². The van der Waals surface area contributed by atoms with E-state index in [-0.39, 0.29) is 5.41 Å². The van der Waals surface area contributed by atoms with Crippen LogP contribution in [-0.2, 0) is 5.41 Å². The highest BCUT2D eigenvalue weighted by atomic mass is 32.2. The Balaban J connectivity index is 1.12. The molecule has 0 bridgehead atoms. The number of hydrogen-bond donors (Lipinski definition) is 0. The molecule has 13 rings (SSSR count). The average Bonchev–Trinajstić information content (AvgIpc) is 3.94. The molecule has 1 unspecified atom stereocenters. The number of nitrogens with zero attached hydrogens (tertiary/aromatic N) is 1. The molecule has 0 saturated heterocycles. The number of rotatable bonds is 4. The van der Waals surface area contributed by atoms with Gasteiger partial charge in [0.05, 0.1) is 11.0 Å². The molecule has 0 saturated carbocycles. The summed E-state index contributed by atoms with van der Waals surface area (Å²) in [6, 6.07) is 75.2. The number of para-hydroxylation sites is 3. The summed E-state index contributed by atoms with van der Waals surface area (Å²) in [5, 5.41) is 10.5. The van der Waals surface area contributed by atoms with Crippen LogP contribution in [0.4, 0.5) is 0 Å². The first-order valence-electron chi connectivity index (χ1n) is 21.2. The van der Waals surface area contributed by atoms with Crippen molar-refractivity contribution in [2.75, 3.05) is 0 Å². The highest BCUT2D eigenvalue weighted by Gasteiger charge is 2.48. The van der Waals surface area contributed by atoms with E-state index >= 15 is 0 Å². The van der Waals surface area contributed by atoms with E-state index in [1.54, 1.807) is 0 Å². The molecule has 2 aliphatic rings. The average molecular weight is 814 g/mol. The molecule has 288 valence electrons. The monoisotopic (exact) mass is 813 g/mol. The van der Waals surface area contributed by atoms with Crippen molar-refractivity contribution < 1.29 is 4.42 Å². The molecule has 4 heteroatoms. The maximum Gasteiger partial charge on any atom is 0.181 e. The maximum atomic E-state index is 6.48. The highest BCUT2D eigenvalue weighted by molar-refractivity contribution is 8.00. The molecule has 61 heavy (non-hydrogen) atoms. The lowest BCUT2D eigenvalue weighted by Gasteiger charge is -2.41. The second-order valence-electron chi connectivity index (χ2n) is 17.2. The number of aromatic nitrogens is 1. The van der Waals surface area contributed by atoms with Crippen LogP contribution in [0, 0.1) is 0 Å². The van der Waals surface area contributed by atoms with Crippen LogP contribution < -0.4 is 20.7 Å². The van der Waals surface area contributed by atoms with Gasteiger partial charge >= 0.3 is 0 Å². The third-order valence-electron chi connectivity index (χ3n) is 13.8. The molecule has 0 N–H and O–H groups in total. The molecule has 0 fully saturated rings. The molecule has 11 aromatic rings. The van der Waals surface area contributed by atoms with Gasteiger partial charge in [0.25, 0.3) is 0 Å². The van der Waals surface area contributed by atoms with E-state index in [2.05, 4.69) is 219 Å². The van der Waals surface area contributed by atoms with Gasteiger partial charge in [-0.1, -0.05) is 183 Å². The van der Waals surface area contributed by atoms with Crippen molar-refractivity contribution >= 4 is 84.3 Å². The first-order chi connectivity index (χ1) is 30.0. The molecule has 2 nitrogen and oxygen atoms in total. The Morgan fingerprint density at radius 2 is 1.05 bits per heavy atom. The minimum atomic E-state index is -3.02. The van der Waals surface area contributed by atoms with E-state index in [4.69, 9.17) is 4.42 Å². The summed E-state index contributed by atoms with van der Waals surface area (Å²) in [5.74, 6) is 0. The van der Waals surface area contributed by atoms with Gasteiger partial charge in [-0.3, -0.25) is 0 Å². The topological polar surface area (TPSA) is 18.1 Å². The quantitative estimate of drug-likeness (QED) is 0.165. The van der Waals surface area contributed by atoms with E-state index in [0.717, 1.165) is 16.6 Å². The van der Waals surface area contributed by atoms with Gasteiger partial charge < -0.3 is 8.98 Å². The number of benzene rings is 9. The first kappa shape index (κ1) is 35.0. The Morgan fingerprint density at radius 3 is 1.87 bits per heavy atom. The van der Waals surface area contributed by atoms with Gasteiger partial charge in [0.1, 0.15) is 11.2 Å². The smallest absolute Gasteiger partial charge is 0.181 e. The van der Waals surface area contributed by atoms with Crippen LogP contribution in [0.3, 0.4) is 0 Å². The van der Waals surface area contributed by atoms with Crippen molar-refractivity contribution in [3.63, 3.8) is 0 Å². The second-order valence-corrected chi connectivity index (χ2v) is 21.9. The molecule has 1 aliphatic heterocycles. The fourth-order valence-corrected chi connectivity index (χ4v) is 18.2. The van der Waals surface area contributed by atoms with Crippen LogP contribution in [0.15, 0.2) is 214 Å². The summed E-state index contributed by atoms with van der Waals surface area (Å²) in [7, 11) is -3.02. The molecule has 1 atom stereocenters. The minimum absolute atomic E-state index is 0.0828. The van der Waals surface area contributed by atoms with Gasteiger partial charge in [0, 0.05) is 42.4 Å². The van der Waals surface area contributed by atoms with Crippen LogP contribution >= 0.6 is 11.8 Å². The summed E-state index contributed by atoms with van der Waals surface area (Å²) in [4.78, 5) is 2.66. The number of fused-ring (bicyclic) bond motifs is 11. The Bertz CT molecular complexity index is 3560. The van der Waals surface area contributed by atoms with E-state index < -0.39 is 8.07 Å². The molecule has 0 amide bonds. The Morgan fingerprint density at radius 1 is 0.459 bits per heavy atom. The second kappa shape index (κ2) is 12.8. The number of furan rings is 1. The molecule has 9 aromatic carbocycles. The largest absolute Gasteiger partial charge is 0.456 e. The van der Waals surface area contributed by atoms with Gasteiger partial charge in [0.15, 0.2) is 8.07 Å². The molecule has 0 spiro atoms. The van der Waals surface area contributed by atoms with Crippen LogP contribution in [0.1, 0.15) is 25.0 Å². The van der Waals surface area contributed by atoms with Crippen LogP contribution in [0.2, 0.25) is 0 Å². The van der Waals surface area contributed by atoms with Crippen molar-refractivity contribution in [2.45, 2.75) is 29.1 Å². The van der Waals surface area contributed by atoms with Crippen LogP contribution in [-0.4, -0.2) is 12.6 Å². The van der Waals surface area contributed by atoms with Crippen LogP contribution in [0.5, 0.6) is 0 Å². The first-order valence-corrected chi connectivity index (χ1v) is 24.0. The van der Waals surface area contributed by atoms with Gasteiger partial charge in [-0.25, -0.2) is 0 Å². The van der Waals surface area contributed by atoms with Crippen molar-refractivity contribution in [1.29, 1.82) is 0 Å². The fraction of sp³-hybridized carbons (Fsp3) is 0.0526. The molecular weight excluding hydrogens is 775 g/mol. The van der Waals surface area contributed by atoms with E-state index in [9.17, 15) is 0 Å². The summed E-state index contributed by atoms with van der Waals surface area (Å²) in [6.45, 7) is 4.76. The third-order valence-corrected chi connectivity index (χ3v) is 20.2. The molecule has 3 heterocycles. The third kappa shape index (κ3) is 4.75. The van der Waals surface area contributed by atoms with Gasteiger partial charge in [-0.05, 0) is 96.6 Å². The Hall–Kier alpha value is -6.85. The zero-order valence-corrected chi connectivity index (χ0v) is 35.6. The SMILES string of the molecule is CC1(C)c2ccccc2-c2cc([Si]3(c4ccc(-n5c6ccccc6c6ccccc65)cc4)c4ccccc4Sc4c(-c5cccc6oc7ccccc7c56)cccc43)ccc21. The molecule has 0 radical (unpaired) electrons. The summed E-state index contributed by atoms with van der Waals surface area (Å²) in [6.07, 6.45) is 0.